The molecule has 0 unspecified atom stereocenters. The van der Waals surface area contributed by atoms with E-state index in [1.807, 2.05) is 0 Å². The number of aromatic nitrogens is 2. The van der Waals surface area contributed by atoms with Crippen LogP contribution < -0.4 is 11.2 Å². The van der Waals surface area contributed by atoms with Gasteiger partial charge in [0.05, 0.1) is 12.7 Å². The molecule has 2 aromatic rings. The molecule has 0 aliphatic heterocycles. The van der Waals surface area contributed by atoms with Crippen molar-refractivity contribution in [2.24, 2.45) is 0 Å². The molecule has 0 aliphatic carbocycles. The first-order valence-electron chi connectivity index (χ1n) is 5.15. The van der Waals surface area contributed by atoms with Gasteiger partial charge in [-0.05, 0) is 0 Å². The van der Waals surface area contributed by atoms with Gasteiger partial charge in [-0.15, -0.1) is 0 Å². The molecule has 0 aliphatic rings. The van der Waals surface area contributed by atoms with E-state index in [-0.39, 0.29) is 12.3 Å². The molecule has 0 saturated heterocycles. The maximum absolute atomic E-state index is 13.0. The Bertz CT molecular complexity index is 688. The molecule has 0 radical (unpaired) electrons. The summed E-state index contributed by atoms with van der Waals surface area (Å²) in [5.74, 6) is -1.44. The number of rotatable bonds is 3. The molecule has 1 N–H and O–H groups in total. The molecular weight excluding hydrogens is 239 g/mol. The summed E-state index contributed by atoms with van der Waals surface area (Å²) in [5, 5.41) is 0. The van der Waals surface area contributed by atoms with Gasteiger partial charge in [0, 0.05) is 5.56 Å². The van der Waals surface area contributed by atoms with E-state index >= 15 is 0 Å². The molecule has 0 spiro atoms. The Morgan fingerprint density at radius 3 is 2.56 bits per heavy atom. The lowest BCUT2D eigenvalue weighted by molar-refractivity contribution is 0.0970. The SMILES string of the molecule is O=C(Cn1cc(F)c(=O)[nH]c1=O)c1ccccc1. The normalized spacial score (nSPS) is 10.3. The maximum Gasteiger partial charge on any atom is 0.328 e. The smallest absolute Gasteiger partial charge is 0.292 e. The van der Waals surface area contributed by atoms with Crippen molar-refractivity contribution in [3.05, 3.63) is 68.7 Å². The third kappa shape index (κ3) is 2.42. The minimum atomic E-state index is -1.10. The van der Waals surface area contributed by atoms with Crippen LogP contribution in [0, 0.1) is 5.82 Å². The summed E-state index contributed by atoms with van der Waals surface area (Å²) in [4.78, 5) is 35.7. The Balaban J connectivity index is 2.31. The molecule has 0 amide bonds. The van der Waals surface area contributed by atoms with Crippen LogP contribution in [0.3, 0.4) is 0 Å². The topological polar surface area (TPSA) is 71.9 Å². The number of halogens is 1. The average Bonchev–Trinajstić information content (AvgIpc) is 2.37. The first kappa shape index (κ1) is 12.0. The number of H-pyrrole nitrogens is 1. The molecule has 92 valence electrons. The Morgan fingerprint density at radius 2 is 1.89 bits per heavy atom. The van der Waals surface area contributed by atoms with Gasteiger partial charge in [0.2, 0.25) is 5.82 Å². The molecule has 6 heteroatoms. The van der Waals surface area contributed by atoms with Crippen LogP contribution in [0.1, 0.15) is 10.4 Å². The number of Topliss-reactive ketones (excluding diaryl/α,β-unsaturated/α-hetero) is 1. The van der Waals surface area contributed by atoms with E-state index in [2.05, 4.69) is 0 Å². The van der Waals surface area contributed by atoms with E-state index in [1.165, 1.54) is 0 Å². The summed E-state index contributed by atoms with van der Waals surface area (Å²) < 4.78 is 13.8. The van der Waals surface area contributed by atoms with Crippen LogP contribution in [0.2, 0.25) is 0 Å². The highest BCUT2D eigenvalue weighted by atomic mass is 19.1. The van der Waals surface area contributed by atoms with Gasteiger partial charge in [-0.25, -0.2) is 4.79 Å². The first-order valence-corrected chi connectivity index (χ1v) is 5.15. The van der Waals surface area contributed by atoms with Crippen molar-refractivity contribution in [2.75, 3.05) is 0 Å². The molecule has 1 aromatic heterocycles. The van der Waals surface area contributed by atoms with Crippen LogP contribution in [-0.2, 0) is 6.54 Å². The number of carbonyl (C=O) groups is 1. The van der Waals surface area contributed by atoms with Crippen molar-refractivity contribution in [2.45, 2.75) is 6.54 Å². The number of hydrogen-bond donors (Lipinski definition) is 1. The van der Waals surface area contributed by atoms with Gasteiger partial charge in [-0.2, -0.15) is 4.39 Å². The van der Waals surface area contributed by atoms with Gasteiger partial charge < -0.3 is 0 Å². The standard InChI is InChI=1S/C12H9FN2O3/c13-9-6-15(12(18)14-11(9)17)7-10(16)8-4-2-1-3-5-8/h1-6H,7H2,(H,14,17,18). The van der Waals surface area contributed by atoms with Crippen molar-refractivity contribution in [3.8, 4) is 0 Å². The predicted octanol–water partition coefficient (Wildman–Crippen LogP) is 0.559. The zero-order valence-corrected chi connectivity index (χ0v) is 9.22. The summed E-state index contributed by atoms with van der Waals surface area (Å²) in [7, 11) is 0. The van der Waals surface area contributed by atoms with Crippen molar-refractivity contribution in [1.82, 2.24) is 9.55 Å². The second kappa shape index (κ2) is 4.79. The Kier molecular flexibility index (Phi) is 3.18. The predicted molar refractivity (Wildman–Crippen MR) is 62.1 cm³/mol. The molecule has 2 rings (SSSR count). The fourth-order valence-electron chi connectivity index (χ4n) is 1.47. The second-order valence-electron chi connectivity index (χ2n) is 3.65. The zero-order chi connectivity index (χ0) is 13.1. The van der Waals surface area contributed by atoms with Gasteiger partial charge in [0.15, 0.2) is 5.78 Å². The van der Waals surface area contributed by atoms with E-state index in [0.29, 0.717) is 5.56 Å². The Labute approximate surface area is 101 Å². The fraction of sp³-hybridized carbons (Fsp3) is 0.0833. The summed E-state index contributed by atoms with van der Waals surface area (Å²) >= 11 is 0. The third-order valence-corrected chi connectivity index (χ3v) is 2.38. The summed E-state index contributed by atoms with van der Waals surface area (Å²) in [6, 6.07) is 8.31. The van der Waals surface area contributed by atoms with E-state index in [9.17, 15) is 18.8 Å². The van der Waals surface area contributed by atoms with Gasteiger partial charge in [-0.3, -0.25) is 19.1 Å². The van der Waals surface area contributed by atoms with Crippen LogP contribution in [0.4, 0.5) is 4.39 Å². The number of hydrogen-bond acceptors (Lipinski definition) is 3. The molecular formula is C12H9FN2O3. The lowest BCUT2D eigenvalue weighted by Crippen LogP contribution is -2.33. The van der Waals surface area contributed by atoms with E-state index in [0.717, 1.165) is 10.8 Å². The highest BCUT2D eigenvalue weighted by Crippen LogP contribution is 2.01. The van der Waals surface area contributed by atoms with Gasteiger partial charge in [-0.1, -0.05) is 30.3 Å². The van der Waals surface area contributed by atoms with Crippen molar-refractivity contribution in [1.29, 1.82) is 0 Å². The van der Waals surface area contributed by atoms with Crippen LogP contribution in [0.5, 0.6) is 0 Å². The van der Waals surface area contributed by atoms with Gasteiger partial charge >= 0.3 is 5.69 Å². The number of aromatic amines is 1. The second-order valence-corrected chi connectivity index (χ2v) is 3.65. The average molecular weight is 248 g/mol. The molecule has 0 bridgehead atoms. The number of carbonyl (C=O) groups excluding carboxylic acids is 1. The Morgan fingerprint density at radius 1 is 1.22 bits per heavy atom. The lowest BCUT2D eigenvalue weighted by atomic mass is 10.1. The molecule has 0 fully saturated rings. The van der Waals surface area contributed by atoms with Crippen molar-refractivity contribution < 1.29 is 9.18 Å². The lowest BCUT2D eigenvalue weighted by Gasteiger charge is -2.04. The van der Waals surface area contributed by atoms with Crippen LogP contribution in [-0.4, -0.2) is 15.3 Å². The highest BCUT2D eigenvalue weighted by Gasteiger charge is 2.09. The molecule has 0 atom stereocenters. The summed E-state index contributed by atoms with van der Waals surface area (Å²) in [6.45, 7) is -0.323. The zero-order valence-electron chi connectivity index (χ0n) is 9.22. The largest absolute Gasteiger partial charge is 0.328 e. The summed E-state index contributed by atoms with van der Waals surface area (Å²) in [6.07, 6.45) is 0.724. The van der Waals surface area contributed by atoms with Crippen molar-refractivity contribution >= 4 is 5.78 Å². The highest BCUT2D eigenvalue weighted by molar-refractivity contribution is 5.95. The van der Waals surface area contributed by atoms with Crippen molar-refractivity contribution in [3.63, 3.8) is 0 Å². The minimum absolute atomic E-state index is 0.323. The van der Waals surface area contributed by atoms with E-state index in [4.69, 9.17) is 0 Å². The van der Waals surface area contributed by atoms with E-state index in [1.54, 1.807) is 35.3 Å². The first-order chi connectivity index (χ1) is 8.58. The van der Waals surface area contributed by atoms with Crippen LogP contribution in [0.15, 0.2) is 46.1 Å². The molecule has 1 heterocycles. The Hall–Kier alpha value is -2.50. The number of nitrogens with zero attached hydrogens (tertiary/aromatic N) is 1. The number of benzene rings is 1. The third-order valence-electron chi connectivity index (χ3n) is 2.38. The molecule has 0 saturated carbocycles. The molecule has 1 aromatic carbocycles. The summed E-state index contributed by atoms with van der Waals surface area (Å²) in [5.41, 5.74) is -1.50. The molecule has 18 heavy (non-hydrogen) atoms. The number of nitrogens with one attached hydrogen (secondary N) is 1. The minimum Gasteiger partial charge on any atom is -0.292 e. The fourth-order valence-corrected chi connectivity index (χ4v) is 1.47. The monoisotopic (exact) mass is 248 g/mol. The van der Waals surface area contributed by atoms with Crippen LogP contribution >= 0.6 is 0 Å². The van der Waals surface area contributed by atoms with Gasteiger partial charge in [0.25, 0.3) is 5.56 Å². The molecule has 5 nitrogen and oxygen atoms in total. The van der Waals surface area contributed by atoms with Gasteiger partial charge in [0.1, 0.15) is 0 Å². The maximum atomic E-state index is 13.0. The number of ketones is 1. The quantitative estimate of drug-likeness (QED) is 0.806. The van der Waals surface area contributed by atoms with E-state index < -0.39 is 17.1 Å². The van der Waals surface area contributed by atoms with Crippen LogP contribution in [0.25, 0.3) is 0 Å².